The number of halogens is 1. The van der Waals surface area contributed by atoms with E-state index in [1.807, 2.05) is 0 Å². The lowest BCUT2D eigenvalue weighted by molar-refractivity contribution is -0.144. The smallest absolute Gasteiger partial charge is 0.304 e. The predicted octanol–water partition coefficient (Wildman–Crippen LogP) is 0.825. The molecule has 0 saturated carbocycles. The summed E-state index contributed by atoms with van der Waals surface area (Å²) in [6.07, 6.45) is 4.94. The average Bonchev–Trinajstić information content (AvgIpc) is 2.34. The third kappa shape index (κ3) is 3.62. The van der Waals surface area contributed by atoms with Gasteiger partial charge in [0, 0.05) is 19.3 Å². The number of ether oxygens (including phenoxy) is 1. The fraction of sp³-hybridized carbons (Fsp3) is 0.333. The lowest BCUT2D eigenvalue weighted by Gasteiger charge is -1.99. The summed E-state index contributed by atoms with van der Waals surface area (Å²) in [7, 11) is 0. The van der Waals surface area contributed by atoms with E-state index in [9.17, 15) is 4.79 Å². The minimum Gasteiger partial charge on any atom is -0.444 e. The third-order valence-corrected chi connectivity index (χ3v) is 0.976. The van der Waals surface area contributed by atoms with Gasteiger partial charge in [-0.25, -0.2) is 4.98 Å². The Bertz CT molecular complexity index is 210. The first kappa shape index (κ1) is 9.97. The maximum atomic E-state index is 10.3. The fourth-order valence-corrected chi connectivity index (χ4v) is 0.529. The monoisotopic (exact) mass is 176 g/mol. The van der Waals surface area contributed by atoms with Gasteiger partial charge in [0.2, 0.25) is 0 Å². The van der Waals surface area contributed by atoms with Crippen LogP contribution in [0, 0.1) is 0 Å². The molecule has 0 aromatic carbocycles. The maximum Gasteiger partial charge on any atom is 0.304 e. The van der Waals surface area contributed by atoms with Crippen molar-refractivity contribution in [1.82, 2.24) is 9.55 Å². The standard InChI is InChI=1S/C6H8N2O2.ClH/c1-6(9)10-5-8-3-2-7-4-8;/h2-4H,5H2,1H3;1H. The van der Waals surface area contributed by atoms with Gasteiger partial charge in [-0.2, -0.15) is 0 Å². The molecule has 1 rings (SSSR count). The van der Waals surface area contributed by atoms with Crippen molar-refractivity contribution in [1.29, 1.82) is 0 Å². The van der Waals surface area contributed by atoms with Crippen molar-refractivity contribution in [2.45, 2.75) is 13.7 Å². The van der Waals surface area contributed by atoms with Crippen molar-refractivity contribution in [3.05, 3.63) is 18.7 Å². The summed E-state index contributed by atoms with van der Waals surface area (Å²) in [5.41, 5.74) is 0. The number of hydrogen-bond acceptors (Lipinski definition) is 3. The van der Waals surface area contributed by atoms with Crippen molar-refractivity contribution in [2.75, 3.05) is 0 Å². The predicted molar refractivity (Wildman–Crippen MR) is 41.2 cm³/mol. The molecule has 0 amide bonds. The molecule has 1 heterocycles. The van der Waals surface area contributed by atoms with Crippen molar-refractivity contribution in [3.8, 4) is 0 Å². The first-order chi connectivity index (χ1) is 4.79. The normalized spacial score (nSPS) is 8.45. The van der Waals surface area contributed by atoms with Crippen LogP contribution in [-0.2, 0) is 16.3 Å². The largest absolute Gasteiger partial charge is 0.444 e. The van der Waals surface area contributed by atoms with E-state index in [4.69, 9.17) is 0 Å². The average molecular weight is 177 g/mol. The lowest BCUT2D eigenvalue weighted by atomic mass is 10.8. The molecule has 0 aliphatic heterocycles. The minimum absolute atomic E-state index is 0. The number of imidazole rings is 1. The summed E-state index contributed by atoms with van der Waals surface area (Å²) in [5, 5.41) is 0. The molecule has 0 unspecified atom stereocenters. The molecule has 1 aromatic rings. The summed E-state index contributed by atoms with van der Waals surface area (Å²) in [5.74, 6) is -0.284. The van der Waals surface area contributed by atoms with Crippen LogP contribution in [0.4, 0.5) is 0 Å². The molecule has 0 aliphatic rings. The van der Waals surface area contributed by atoms with E-state index >= 15 is 0 Å². The molecule has 62 valence electrons. The highest BCUT2D eigenvalue weighted by Gasteiger charge is 1.91. The van der Waals surface area contributed by atoms with Crippen molar-refractivity contribution >= 4 is 18.4 Å². The number of rotatable bonds is 2. The minimum atomic E-state index is -0.284. The van der Waals surface area contributed by atoms with E-state index < -0.39 is 0 Å². The van der Waals surface area contributed by atoms with Crippen LogP contribution in [0.1, 0.15) is 6.92 Å². The van der Waals surface area contributed by atoms with Crippen LogP contribution < -0.4 is 0 Å². The molecule has 0 saturated heterocycles. The topological polar surface area (TPSA) is 44.1 Å². The zero-order valence-corrected chi connectivity index (χ0v) is 6.87. The Morgan fingerprint density at radius 1 is 1.73 bits per heavy atom. The number of hydrogen-bond donors (Lipinski definition) is 0. The molecule has 0 bridgehead atoms. The molecule has 0 N–H and O–H groups in total. The van der Waals surface area contributed by atoms with Crippen LogP contribution in [-0.4, -0.2) is 15.5 Å². The van der Waals surface area contributed by atoms with Gasteiger partial charge in [0.05, 0.1) is 6.33 Å². The van der Waals surface area contributed by atoms with E-state index in [0.717, 1.165) is 0 Å². The van der Waals surface area contributed by atoms with E-state index in [0.29, 0.717) is 0 Å². The first-order valence-electron chi connectivity index (χ1n) is 2.88. The van der Waals surface area contributed by atoms with Crippen molar-refractivity contribution in [2.24, 2.45) is 0 Å². The molecule has 11 heavy (non-hydrogen) atoms. The van der Waals surface area contributed by atoms with E-state index in [1.165, 1.54) is 6.92 Å². The van der Waals surface area contributed by atoms with Gasteiger partial charge in [-0.3, -0.25) is 4.79 Å². The highest BCUT2D eigenvalue weighted by molar-refractivity contribution is 5.85. The van der Waals surface area contributed by atoms with Gasteiger partial charge in [-0.1, -0.05) is 0 Å². The molecule has 0 atom stereocenters. The Morgan fingerprint density at radius 3 is 2.91 bits per heavy atom. The molecule has 5 heteroatoms. The molecule has 1 aromatic heterocycles. The summed E-state index contributed by atoms with van der Waals surface area (Å²) in [6.45, 7) is 1.62. The van der Waals surface area contributed by atoms with E-state index in [-0.39, 0.29) is 25.1 Å². The second-order valence-corrected chi connectivity index (χ2v) is 1.84. The van der Waals surface area contributed by atoms with Crippen LogP contribution in [0.5, 0.6) is 0 Å². The SMILES string of the molecule is CC(=O)OCn1ccnc1.Cl. The number of carbonyl (C=O) groups is 1. The van der Waals surface area contributed by atoms with Gasteiger partial charge >= 0.3 is 5.97 Å². The van der Waals surface area contributed by atoms with Crippen molar-refractivity contribution < 1.29 is 9.53 Å². The summed E-state index contributed by atoms with van der Waals surface area (Å²) >= 11 is 0. The fourth-order valence-electron chi connectivity index (χ4n) is 0.529. The summed E-state index contributed by atoms with van der Waals surface area (Å²) in [6, 6.07) is 0. The van der Waals surface area contributed by atoms with Gasteiger partial charge in [-0.05, 0) is 0 Å². The van der Waals surface area contributed by atoms with E-state index in [2.05, 4.69) is 9.72 Å². The Hall–Kier alpha value is -1.03. The van der Waals surface area contributed by atoms with Crippen LogP contribution in [0.25, 0.3) is 0 Å². The van der Waals surface area contributed by atoms with Crippen molar-refractivity contribution in [3.63, 3.8) is 0 Å². The van der Waals surface area contributed by atoms with Gasteiger partial charge in [0.1, 0.15) is 0 Å². The molecule has 4 nitrogen and oxygen atoms in total. The molecule has 0 fully saturated rings. The molecular formula is C6H9ClN2O2. The number of esters is 1. The quantitative estimate of drug-likeness (QED) is 0.627. The number of carbonyl (C=O) groups excluding carboxylic acids is 1. The lowest BCUT2D eigenvalue weighted by Crippen LogP contribution is -2.03. The zero-order chi connectivity index (χ0) is 7.40. The second-order valence-electron chi connectivity index (χ2n) is 1.84. The van der Waals surface area contributed by atoms with E-state index in [1.54, 1.807) is 23.3 Å². The Morgan fingerprint density at radius 2 is 2.45 bits per heavy atom. The second kappa shape index (κ2) is 4.73. The van der Waals surface area contributed by atoms with Crippen LogP contribution in [0.3, 0.4) is 0 Å². The Kier molecular flexibility index (Phi) is 4.29. The Balaban J connectivity index is 0.000001000. The molecule has 0 spiro atoms. The van der Waals surface area contributed by atoms with Crippen LogP contribution >= 0.6 is 12.4 Å². The molecule has 0 aliphatic carbocycles. The van der Waals surface area contributed by atoms with Gasteiger partial charge in [0.15, 0.2) is 6.73 Å². The molecular weight excluding hydrogens is 168 g/mol. The first-order valence-corrected chi connectivity index (χ1v) is 2.88. The summed E-state index contributed by atoms with van der Waals surface area (Å²) in [4.78, 5) is 14.1. The van der Waals surface area contributed by atoms with Gasteiger partial charge < -0.3 is 9.30 Å². The highest BCUT2D eigenvalue weighted by Crippen LogP contribution is 1.86. The third-order valence-electron chi connectivity index (χ3n) is 0.976. The van der Waals surface area contributed by atoms with Gasteiger partial charge in [-0.15, -0.1) is 12.4 Å². The number of aromatic nitrogens is 2. The Labute approximate surface area is 70.6 Å². The summed E-state index contributed by atoms with van der Waals surface area (Å²) < 4.78 is 6.34. The van der Waals surface area contributed by atoms with Gasteiger partial charge in [0.25, 0.3) is 0 Å². The molecule has 0 radical (unpaired) electrons. The number of nitrogens with zero attached hydrogens (tertiary/aromatic N) is 2. The highest BCUT2D eigenvalue weighted by atomic mass is 35.5. The van der Waals surface area contributed by atoms with Crippen LogP contribution in [0.2, 0.25) is 0 Å². The zero-order valence-electron chi connectivity index (χ0n) is 6.06. The van der Waals surface area contributed by atoms with Crippen LogP contribution in [0.15, 0.2) is 18.7 Å². The maximum absolute atomic E-state index is 10.3.